The number of carbonyl (C=O) groups is 1. The number of benzene rings is 2. The first-order valence-corrected chi connectivity index (χ1v) is 9.86. The fourth-order valence-electron chi connectivity index (χ4n) is 2.58. The average Bonchev–Trinajstić information content (AvgIpc) is 3.21. The van der Waals surface area contributed by atoms with Crippen LogP contribution in [0, 0.1) is 0 Å². The number of nitrogens with zero attached hydrogens (tertiary/aromatic N) is 3. The SMILES string of the molecule is NC(=O)COc1ccc(/C=c2\sc3nc(-c4ccc(Cl)cc4Cl)nn3c2=O)cc1. The van der Waals surface area contributed by atoms with E-state index < -0.39 is 5.91 Å². The molecule has 0 spiro atoms. The van der Waals surface area contributed by atoms with Crippen LogP contribution in [0.4, 0.5) is 0 Å². The molecular formula is C19H12Cl2N4O3S. The summed E-state index contributed by atoms with van der Waals surface area (Å²) in [6.45, 7) is -0.193. The van der Waals surface area contributed by atoms with E-state index in [0.717, 1.165) is 5.56 Å². The quantitative estimate of drug-likeness (QED) is 0.507. The Kier molecular flexibility index (Phi) is 5.23. The lowest BCUT2D eigenvalue weighted by Gasteiger charge is -2.03. The van der Waals surface area contributed by atoms with Gasteiger partial charge in [0.1, 0.15) is 5.75 Å². The average molecular weight is 447 g/mol. The molecule has 0 radical (unpaired) electrons. The van der Waals surface area contributed by atoms with Crippen molar-refractivity contribution in [1.29, 1.82) is 0 Å². The molecule has 0 bridgehead atoms. The van der Waals surface area contributed by atoms with Crippen molar-refractivity contribution in [2.45, 2.75) is 0 Å². The van der Waals surface area contributed by atoms with Crippen LogP contribution in [0.3, 0.4) is 0 Å². The molecule has 2 heterocycles. The number of aromatic nitrogens is 3. The lowest BCUT2D eigenvalue weighted by Crippen LogP contribution is -2.23. The van der Waals surface area contributed by atoms with E-state index in [1.165, 1.54) is 15.9 Å². The maximum Gasteiger partial charge on any atom is 0.291 e. The number of rotatable bonds is 5. The van der Waals surface area contributed by atoms with E-state index in [4.69, 9.17) is 33.7 Å². The summed E-state index contributed by atoms with van der Waals surface area (Å²) in [6.07, 6.45) is 1.73. The molecule has 4 rings (SSSR count). The Labute approximate surface area is 178 Å². The zero-order valence-corrected chi connectivity index (χ0v) is 17.0. The smallest absolute Gasteiger partial charge is 0.291 e. The third kappa shape index (κ3) is 4.09. The fraction of sp³-hybridized carbons (Fsp3) is 0.0526. The number of ether oxygens (including phenoxy) is 1. The van der Waals surface area contributed by atoms with Crippen LogP contribution in [0.15, 0.2) is 47.3 Å². The highest BCUT2D eigenvalue weighted by atomic mass is 35.5. The van der Waals surface area contributed by atoms with Gasteiger partial charge in [0, 0.05) is 10.6 Å². The Hall–Kier alpha value is -2.94. The van der Waals surface area contributed by atoms with Gasteiger partial charge in [-0.1, -0.05) is 46.7 Å². The number of hydrogen-bond acceptors (Lipinski definition) is 6. The van der Waals surface area contributed by atoms with Crippen LogP contribution in [-0.2, 0) is 4.79 Å². The van der Waals surface area contributed by atoms with E-state index in [1.54, 1.807) is 48.5 Å². The molecule has 0 aliphatic heterocycles. The Morgan fingerprint density at radius 3 is 2.62 bits per heavy atom. The third-order valence-corrected chi connectivity index (χ3v) is 5.42. The van der Waals surface area contributed by atoms with Gasteiger partial charge in [0.25, 0.3) is 11.5 Å². The van der Waals surface area contributed by atoms with Gasteiger partial charge in [-0.3, -0.25) is 9.59 Å². The Morgan fingerprint density at radius 2 is 1.97 bits per heavy atom. The molecule has 0 atom stereocenters. The van der Waals surface area contributed by atoms with Crippen LogP contribution < -0.4 is 20.6 Å². The first-order valence-electron chi connectivity index (χ1n) is 8.28. The van der Waals surface area contributed by atoms with Gasteiger partial charge in [0.2, 0.25) is 4.96 Å². The molecule has 2 N–H and O–H groups in total. The van der Waals surface area contributed by atoms with Gasteiger partial charge >= 0.3 is 0 Å². The number of nitrogens with two attached hydrogens (primary N) is 1. The summed E-state index contributed by atoms with van der Waals surface area (Å²) in [5, 5.41) is 5.20. The molecule has 7 nitrogen and oxygen atoms in total. The molecule has 4 aromatic rings. The first-order chi connectivity index (χ1) is 13.9. The molecule has 29 heavy (non-hydrogen) atoms. The van der Waals surface area contributed by atoms with E-state index in [0.29, 0.717) is 36.7 Å². The van der Waals surface area contributed by atoms with Crippen molar-refractivity contribution < 1.29 is 9.53 Å². The van der Waals surface area contributed by atoms with E-state index in [2.05, 4.69) is 10.1 Å². The van der Waals surface area contributed by atoms with Crippen LogP contribution in [-0.4, -0.2) is 27.1 Å². The molecule has 0 fully saturated rings. The van der Waals surface area contributed by atoms with Gasteiger partial charge < -0.3 is 10.5 Å². The summed E-state index contributed by atoms with van der Waals surface area (Å²) < 4.78 is 6.95. The maximum atomic E-state index is 12.7. The number of amides is 1. The lowest BCUT2D eigenvalue weighted by atomic mass is 10.2. The number of primary amides is 1. The summed E-state index contributed by atoms with van der Waals surface area (Å²) in [6, 6.07) is 11.9. The van der Waals surface area contributed by atoms with E-state index in [9.17, 15) is 9.59 Å². The molecule has 2 aromatic heterocycles. The van der Waals surface area contributed by atoms with Gasteiger partial charge in [0.15, 0.2) is 12.4 Å². The molecular weight excluding hydrogens is 435 g/mol. The van der Waals surface area contributed by atoms with Gasteiger partial charge in [0.05, 0.1) is 9.55 Å². The summed E-state index contributed by atoms with van der Waals surface area (Å²) in [5.41, 5.74) is 6.16. The molecule has 0 aliphatic carbocycles. The minimum Gasteiger partial charge on any atom is -0.484 e. The van der Waals surface area contributed by atoms with Crippen molar-refractivity contribution in [3.05, 3.63) is 73.0 Å². The van der Waals surface area contributed by atoms with Crippen LogP contribution in [0.1, 0.15) is 5.56 Å². The first kappa shape index (κ1) is 19.4. The van der Waals surface area contributed by atoms with E-state index in [-0.39, 0.29) is 12.2 Å². The molecule has 1 amide bonds. The zero-order valence-electron chi connectivity index (χ0n) is 14.6. The van der Waals surface area contributed by atoms with Crippen LogP contribution >= 0.6 is 34.5 Å². The Bertz CT molecular complexity index is 1330. The third-order valence-electron chi connectivity index (χ3n) is 3.91. The number of halogens is 2. The van der Waals surface area contributed by atoms with Crippen molar-refractivity contribution in [3.8, 4) is 17.1 Å². The van der Waals surface area contributed by atoms with E-state index >= 15 is 0 Å². The normalized spacial score (nSPS) is 11.9. The van der Waals surface area contributed by atoms with Gasteiger partial charge in [-0.15, -0.1) is 5.10 Å². The highest BCUT2D eigenvalue weighted by molar-refractivity contribution is 7.15. The van der Waals surface area contributed by atoms with Crippen LogP contribution in [0.5, 0.6) is 5.75 Å². The molecule has 0 unspecified atom stereocenters. The minimum atomic E-state index is -0.551. The standard InChI is InChI=1S/C19H12Cl2N4O3S/c20-11-3-6-13(14(21)8-11)17-23-19-25(24-17)18(27)15(29-19)7-10-1-4-12(5-2-10)28-9-16(22)26/h1-8H,9H2,(H2,22,26)/b15-7-. The van der Waals surface area contributed by atoms with Crippen molar-refractivity contribution in [1.82, 2.24) is 14.6 Å². The second-order valence-corrected chi connectivity index (χ2v) is 7.85. The summed E-state index contributed by atoms with van der Waals surface area (Å²) in [5.74, 6) is 0.318. The summed E-state index contributed by atoms with van der Waals surface area (Å²) >= 11 is 13.3. The monoisotopic (exact) mass is 446 g/mol. The zero-order chi connectivity index (χ0) is 20.5. The molecule has 10 heteroatoms. The highest BCUT2D eigenvalue weighted by Gasteiger charge is 2.14. The van der Waals surface area contributed by atoms with Crippen LogP contribution in [0.25, 0.3) is 22.4 Å². The number of hydrogen-bond donors (Lipinski definition) is 1. The van der Waals surface area contributed by atoms with E-state index in [1.807, 2.05) is 0 Å². The van der Waals surface area contributed by atoms with Crippen molar-refractivity contribution in [2.75, 3.05) is 6.61 Å². The van der Waals surface area contributed by atoms with Gasteiger partial charge in [-0.05, 0) is 42.0 Å². The Morgan fingerprint density at radius 1 is 1.21 bits per heavy atom. The largest absolute Gasteiger partial charge is 0.484 e. The predicted octanol–water partition coefficient (Wildman–Crippen LogP) is 2.54. The van der Waals surface area contributed by atoms with Gasteiger partial charge in [-0.25, -0.2) is 0 Å². The molecule has 146 valence electrons. The number of thiazole rings is 1. The number of fused-ring (bicyclic) bond motifs is 1. The predicted molar refractivity (Wildman–Crippen MR) is 113 cm³/mol. The Balaban J connectivity index is 1.65. The maximum absolute atomic E-state index is 12.7. The fourth-order valence-corrected chi connectivity index (χ4v) is 3.99. The lowest BCUT2D eigenvalue weighted by molar-refractivity contribution is -0.119. The van der Waals surface area contributed by atoms with Crippen molar-refractivity contribution in [3.63, 3.8) is 0 Å². The molecule has 0 saturated carbocycles. The van der Waals surface area contributed by atoms with Gasteiger partial charge in [-0.2, -0.15) is 9.50 Å². The number of carbonyl (C=O) groups excluding carboxylic acids is 1. The molecule has 0 aliphatic rings. The molecule has 2 aromatic carbocycles. The minimum absolute atomic E-state index is 0.193. The topological polar surface area (TPSA) is 99.6 Å². The summed E-state index contributed by atoms with van der Waals surface area (Å²) in [4.78, 5) is 28.3. The van der Waals surface area contributed by atoms with Crippen molar-refractivity contribution in [2.24, 2.45) is 5.73 Å². The highest BCUT2D eigenvalue weighted by Crippen LogP contribution is 2.28. The van der Waals surface area contributed by atoms with Crippen LogP contribution in [0.2, 0.25) is 10.0 Å². The summed E-state index contributed by atoms with van der Waals surface area (Å²) in [7, 11) is 0. The second kappa shape index (κ2) is 7.82. The molecule has 0 saturated heterocycles. The second-order valence-electron chi connectivity index (χ2n) is 5.99. The van der Waals surface area contributed by atoms with Crippen molar-refractivity contribution >= 4 is 51.5 Å².